The lowest BCUT2D eigenvalue weighted by Gasteiger charge is -2.15. The molecule has 2 aromatic heterocycles. The number of fused-ring (bicyclic) bond motifs is 1. The second-order valence-corrected chi connectivity index (χ2v) is 7.51. The highest BCUT2D eigenvalue weighted by atomic mass is 35.5. The molecular formula is C24H18ClFN4O3. The Morgan fingerprint density at radius 1 is 1.06 bits per heavy atom. The molecule has 0 aliphatic heterocycles. The minimum Gasteiger partial charge on any atom is -0.456 e. The topological polar surface area (TPSA) is 93.2 Å². The smallest absolute Gasteiger partial charge is 0.303 e. The highest BCUT2D eigenvalue weighted by Crippen LogP contribution is 2.34. The first-order valence-corrected chi connectivity index (χ1v) is 10.3. The van der Waals surface area contributed by atoms with Gasteiger partial charge in [-0.3, -0.25) is 14.6 Å². The minimum atomic E-state index is -0.557. The van der Waals surface area contributed by atoms with Gasteiger partial charge in [-0.05, 0) is 36.4 Å². The second-order valence-electron chi connectivity index (χ2n) is 7.07. The number of benzene rings is 2. The first-order valence-electron chi connectivity index (χ1n) is 9.90. The molecule has 1 amide bonds. The Morgan fingerprint density at radius 2 is 1.88 bits per heavy atom. The lowest BCUT2D eigenvalue weighted by Crippen LogP contribution is -2.20. The quantitative estimate of drug-likeness (QED) is 0.374. The van der Waals surface area contributed by atoms with Gasteiger partial charge in [-0.1, -0.05) is 29.8 Å². The van der Waals surface area contributed by atoms with Crippen LogP contribution in [0.4, 0.5) is 21.5 Å². The molecule has 4 rings (SSSR count). The lowest BCUT2D eigenvalue weighted by molar-refractivity contribution is -0.144. The standard InChI is InChI=1S/C24H18ClFN4O3/c1-14(31)33-13-24(32)30-23-12-27-9-8-20(23)29-21-11-22(17-10-15(25)6-7-18(17)26)28-19-5-3-2-4-16(19)21/h2-12H,13H2,1H3,(H,30,32)(H,27,28,29). The van der Waals surface area contributed by atoms with E-state index in [9.17, 15) is 14.0 Å². The van der Waals surface area contributed by atoms with Crippen molar-refractivity contribution < 1.29 is 18.7 Å². The predicted octanol–water partition coefficient (Wildman–Crippen LogP) is 5.33. The van der Waals surface area contributed by atoms with E-state index in [2.05, 4.69) is 20.6 Å². The van der Waals surface area contributed by atoms with Gasteiger partial charge in [-0.25, -0.2) is 9.37 Å². The van der Waals surface area contributed by atoms with Gasteiger partial charge in [0.2, 0.25) is 0 Å². The number of nitrogens with zero attached hydrogens (tertiary/aromatic N) is 2. The molecule has 7 nitrogen and oxygen atoms in total. The Bertz CT molecular complexity index is 1360. The van der Waals surface area contributed by atoms with Gasteiger partial charge in [0.1, 0.15) is 5.82 Å². The molecule has 2 N–H and O–H groups in total. The highest BCUT2D eigenvalue weighted by Gasteiger charge is 2.14. The van der Waals surface area contributed by atoms with Crippen LogP contribution in [0.5, 0.6) is 0 Å². The van der Waals surface area contributed by atoms with E-state index in [0.717, 1.165) is 5.39 Å². The number of nitrogens with one attached hydrogen (secondary N) is 2. The van der Waals surface area contributed by atoms with Crippen molar-refractivity contribution in [1.29, 1.82) is 0 Å². The van der Waals surface area contributed by atoms with Crippen molar-refractivity contribution in [3.63, 3.8) is 0 Å². The fourth-order valence-electron chi connectivity index (χ4n) is 3.21. The molecule has 0 aliphatic rings. The Morgan fingerprint density at radius 3 is 2.70 bits per heavy atom. The number of hydrogen-bond donors (Lipinski definition) is 2. The van der Waals surface area contributed by atoms with Gasteiger partial charge in [0.25, 0.3) is 5.91 Å². The molecule has 0 bridgehead atoms. The first kappa shape index (κ1) is 22.2. The average molecular weight is 465 g/mol. The summed E-state index contributed by atoms with van der Waals surface area (Å²) in [6.45, 7) is 0.805. The number of amides is 1. The van der Waals surface area contributed by atoms with Crippen LogP contribution in [0.15, 0.2) is 67.0 Å². The van der Waals surface area contributed by atoms with Crippen molar-refractivity contribution >= 4 is 51.4 Å². The Kier molecular flexibility index (Phi) is 6.46. The van der Waals surface area contributed by atoms with E-state index < -0.39 is 24.3 Å². The number of aromatic nitrogens is 2. The van der Waals surface area contributed by atoms with E-state index in [1.807, 2.05) is 24.3 Å². The van der Waals surface area contributed by atoms with Crippen LogP contribution in [0.3, 0.4) is 0 Å². The number of carbonyl (C=O) groups excluding carboxylic acids is 2. The first-order chi connectivity index (χ1) is 15.9. The van der Waals surface area contributed by atoms with Crippen LogP contribution in [0, 0.1) is 5.82 Å². The van der Waals surface area contributed by atoms with Crippen molar-refractivity contribution in [2.45, 2.75) is 6.92 Å². The highest BCUT2D eigenvalue weighted by molar-refractivity contribution is 6.30. The Hall–Kier alpha value is -4.04. The number of hydrogen-bond acceptors (Lipinski definition) is 6. The zero-order chi connectivity index (χ0) is 23.4. The van der Waals surface area contributed by atoms with Gasteiger partial charge in [0, 0.05) is 29.1 Å². The van der Waals surface area contributed by atoms with Crippen molar-refractivity contribution in [2.75, 3.05) is 17.2 Å². The largest absolute Gasteiger partial charge is 0.456 e. The number of para-hydroxylation sites is 1. The van der Waals surface area contributed by atoms with E-state index >= 15 is 0 Å². The minimum absolute atomic E-state index is 0.265. The molecule has 4 aromatic rings. The van der Waals surface area contributed by atoms with E-state index in [-0.39, 0.29) is 5.56 Å². The monoisotopic (exact) mass is 464 g/mol. The summed E-state index contributed by atoms with van der Waals surface area (Å²) < 4.78 is 19.3. The maximum absolute atomic E-state index is 14.5. The summed E-state index contributed by atoms with van der Waals surface area (Å²) in [5, 5.41) is 7.12. The molecule has 0 spiro atoms. The molecule has 33 heavy (non-hydrogen) atoms. The summed E-state index contributed by atoms with van der Waals surface area (Å²) in [5.74, 6) is -1.52. The molecule has 0 unspecified atom stereocenters. The van der Waals surface area contributed by atoms with Gasteiger partial charge >= 0.3 is 5.97 Å². The number of pyridine rings is 2. The maximum Gasteiger partial charge on any atom is 0.303 e. The molecule has 0 aliphatic carbocycles. The molecule has 2 aromatic carbocycles. The van der Waals surface area contributed by atoms with Gasteiger partial charge < -0.3 is 15.4 Å². The molecule has 2 heterocycles. The summed E-state index contributed by atoms with van der Waals surface area (Å²) >= 11 is 6.08. The molecule has 0 saturated heterocycles. The third kappa shape index (κ3) is 5.24. The van der Waals surface area contributed by atoms with Crippen LogP contribution in [-0.2, 0) is 14.3 Å². The zero-order valence-corrected chi connectivity index (χ0v) is 18.2. The molecule has 0 atom stereocenters. The van der Waals surface area contributed by atoms with Gasteiger partial charge in [0.05, 0.1) is 34.5 Å². The van der Waals surface area contributed by atoms with Crippen LogP contribution in [-0.4, -0.2) is 28.5 Å². The van der Waals surface area contributed by atoms with Crippen molar-refractivity contribution in [3.05, 3.63) is 77.8 Å². The Balaban J connectivity index is 1.73. The summed E-state index contributed by atoms with van der Waals surface area (Å²) in [4.78, 5) is 31.7. The van der Waals surface area contributed by atoms with Crippen LogP contribution in [0.25, 0.3) is 22.2 Å². The van der Waals surface area contributed by atoms with Crippen LogP contribution >= 0.6 is 11.6 Å². The molecule has 9 heteroatoms. The molecule has 0 saturated carbocycles. The van der Waals surface area contributed by atoms with E-state index in [0.29, 0.717) is 33.3 Å². The zero-order valence-electron chi connectivity index (χ0n) is 17.4. The molecule has 0 radical (unpaired) electrons. The normalized spacial score (nSPS) is 10.6. The molecule has 0 fully saturated rings. The fraction of sp³-hybridized carbons (Fsp3) is 0.0833. The number of anilines is 3. The average Bonchev–Trinajstić information content (AvgIpc) is 2.80. The van der Waals surface area contributed by atoms with E-state index in [1.165, 1.54) is 31.3 Å². The van der Waals surface area contributed by atoms with Gasteiger partial charge in [0.15, 0.2) is 6.61 Å². The summed E-state index contributed by atoms with van der Waals surface area (Å²) in [7, 11) is 0. The second kappa shape index (κ2) is 9.62. The maximum atomic E-state index is 14.5. The van der Waals surface area contributed by atoms with Crippen LogP contribution < -0.4 is 10.6 Å². The summed E-state index contributed by atoms with van der Waals surface area (Å²) in [6.07, 6.45) is 3.03. The SMILES string of the molecule is CC(=O)OCC(=O)Nc1cnccc1Nc1cc(-c2cc(Cl)ccc2F)nc2ccccc12. The predicted molar refractivity (Wildman–Crippen MR) is 125 cm³/mol. The fourth-order valence-corrected chi connectivity index (χ4v) is 3.38. The summed E-state index contributed by atoms with van der Waals surface area (Å²) in [5.41, 5.74) is 2.86. The number of esters is 1. The van der Waals surface area contributed by atoms with Crippen molar-refractivity contribution in [3.8, 4) is 11.3 Å². The number of rotatable bonds is 6. The van der Waals surface area contributed by atoms with Crippen LogP contribution in [0.2, 0.25) is 5.02 Å². The van der Waals surface area contributed by atoms with Gasteiger partial charge in [-0.15, -0.1) is 0 Å². The van der Waals surface area contributed by atoms with Crippen LogP contribution in [0.1, 0.15) is 6.92 Å². The van der Waals surface area contributed by atoms with Crippen molar-refractivity contribution in [2.24, 2.45) is 0 Å². The number of carbonyl (C=O) groups is 2. The number of halogens is 2. The third-order valence-corrected chi connectivity index (χ3v) is 4.93. The van der Waals surface area contributed by atoms with Gasteiger partial charge in [-0.2, -0.15) is 0 Å². The van der Waals surface area contributed by atoms with E-state index in [1.54, 1.807) is 18.3 Å². The van der Waals surface area contributed by atoms with Crippen molar-refractivity contribution in [1.82, 2.24) is 9.97 Å². The number of ether oxygens (including phenoxy) is 1. The van der Waals surface area contributed by atoms with E-state index in [4.69, 9.17) is 16.3 Å². The summed E-state index contributed by atoms with van der Waals surface area (Å²) in [6, 6.07) is 15.1. The molecule has 166 valence electrons. The Labute approximate surface area is 193 Å². The molecular weight excluding hydrogens is 447 g/mol. The third-order valence-electron chi connectivity index (χ3n) is 4.69. The lowest BCUT2D eigenvalue weighted by atomic mass is 10.1.